The van der Waals surface area contributed by atoms with Crippen molar-refractivity contribution in [3.05, 3.63) is 15.8 Å². The molecule has 2 aliphatic rings. The maximum Gasteiger partial charge on any atom is 0.350 e. The standard InChI is InChI=1S/C24H38NO5PS/c1-16-7-9-17(10-8-16)22(26)25(18-11-13-31(28,30-6)14-12-18)19-15-20(24(2,3)4)32-21(19)23(27)29-5/h15-18H,7-14H2,1-6H3. The molecule has 0 unspecified atom stereocenters. The first-order chi connectivity index (χ1) is 15.0. The minimum Gasteiger partial charge on any atom is -0.465 e. The van der Waals surface area contributed by atoms with E-state index in [4.69, 9.17) is 9.26 Å². The number of esters is 1. The Balaban J connectivity index is 2.02. The molecule has 0 aromatic carbocycles. The monoisotopic (exact) mass is 483 g/mol. The van der Waals surface area contributed by atoms with E-state index in [-0.39, 0.29) is 23.3 Å². The Hall–Kier alpha value is -1.17. The minimum absolute atomic E-state index is 0.0363. The van der Waals surface area contributed by atoms with Gasteiger partial charge in [-0.25, -0.2) is 4.79 Å². The van der Waals surface area contributed by atoms with Crippen molar-refractivity contribution < 1.29 is 23.4 Å². The smallest absolute Gasteiger partial charge is 0.350 e. The summed E-state index contributed by atoms with van der Waals surface area (Å²) in [6.45, 7) is 8.56. The van der Waals surface area contributed by atoms with Crippen molar-refractivity contribution in [2.75, 3.05) is 31.4 Å². The number of thiophene rings is 1. The van der Waals surface area contributed by atoms with Gasteiger partial charge in [0.05, 0.1) is 12.8 Å². The normalized spacial score (nSPS) is 28.9. The molecule has 0 bridgehead atoms. The Bertz CT molecular complexity index is 869. The van der Waals surface area contributed by atoms with Gasteiger partial charge in [0.15, 0.2) is 0 Å². The number of carbonyl (C=O) groups is 2. The second-order valence-electron chi connectivity index (χ2n) is 10.4. The zero-order valence-corrected chi connectivity index (χ0v) is 22.0. The van der Waals surface area contributed by atoms with Crippen molar-refractivity contribution in [2.24, 2.45) is 11.8 Å². The highest BCUT2D eigenvalue weighted by molar-refractivity contribution is 7.59. The molecule has 0 atom stereocenters. The molecular formula is C24H38NO5PS. The van der Waals surface area contributed by atoms with Gasteiger partial charge in [0.1, 0.15) is 4.88 Å². The summed E-state index contributed by atoms with van der Waals surface area (Å²) in [5.41, 5.74) is 0.508. The fraction of sp³-hybridized carbons (Fsp3) is 0.750. The van der Waals surface area contributed by atoms with Crippen molar-refractivity contribution in [3.63, 3.8) is 0 Å². The molecule has 0 spiro atoms. The molecule has 1 aliphatic carbocycles. The predicted molar refractivity (Wildman–Crippen MR) is 130 cm³/mol. The quantitative estimate of drug-likeness (QED) is 0.375. The average Bonchev–Trinajstić information content (AvgIpc) is 3.21. The summed E-state index contributed by atoms with van der Waals surface area (Å²) in [7, 11) is 0.274. The summed E-state index contributed by atoms with van der Waals surface area (Å²) in [5.74, 6) is 0.299. The van der Waals surface area contributed by atoms with Crippen LogP contribution < -0.4 is 4.90 Å². The highest BCUT2D eigenvalue weighted by Gasteiger charge is 2.40. The number of rotatable bonds is 5. The van der Waals surface area contributed by atoms with E-state index in [1.165, 1.54) is 25.6 Å². The zero-order chi connectivity index (χ0) is 23.7. The van der Waals surface area contributed by atoms with Gasteiger partial charge in [-0.3, -0.25) is 9.36 Å². The first kappa shape index (κ1) is 25.5. The lowest BCUT2D eigenvalue weighted by molar-refractivity contribution is -0.124. The van der Waals surface area contributed by atoms with E-state index in [0.717, 1.165) is 30.6 Å². The fourth-order valence-electron chi connectivity index (χ4n) is 4.76. The SMILES string of the molecule is COC(=O)c1sc(C(C)(C)C)cc1N(C(=O)C1CCC(C)CC1)C1CCP(=O)(OC)CC1. The van der Waals surface area contributed by atoms with Gasteiger partial charge in [-0.2, -0.15) is 0 Å². The lowest BCUT2D eigenvalue weighted by Gasteiger charge is -2.39. The molecule has 6 nitrogen and oxygen atoms in total. The van der Waals surface area contributed by atoms with E-state index in [0.29, 0.717) is 41.6 Å². The topological polar surface area (TPSA) is 72.9 Å². The number of hydrogen-bond donors (Lipinski definition) is 0. The first-order valence-electron chi connectivity index (χ1n) is 11.7. The third-order valence-corrected chi connectivity index (χ3v) is 11.1. The van der Waals surface area contributed by atoms with Crippen LogP contribution in [0.5, 0.6) is 0 Å². The van der Waals surface area contributed by atoms with Crippen LogP contribution in [0.1, 0.15) is 80.8 Å². The van der Waals surface area contributed by atoms with E-state index < -0.39 is 13.3 Å². The summed E-state index contributed by atoms with van der Waals surface area (Å²) in [5, 5.41) is 0. The Morgan fingerprint density at radius 3 is 2.16 bits per heavy atom. The number of methoxy groups -OCH3 is 1. The molecule has 1 saturated heterocycles. The highest BCUT2D eigenvalue weighted by atomic mass is 32.1. The third kappa shape index (κ3) is 5.48. The summed E-state index contributed by atoms with van der Waals surface area (Å²) in [6, 6.07) is 1.91. The molecule has 1 aliphatic heterocycles. The molecule has 1 aromatic rings. The largest absolute Gasteiger partial charge is 0.465 e. The van der Waals surface area contributed by atoms with Gasteiger partial charge in [0, 0.05) is 36.3 Å². The van der Waals surface area contributed by atoms with Crippen molar-refractivity contribution in [1.29, 1.82) is 0 Å². The number of ether oxygens (including phenoxy) is 1. The van der Waals surface area contributed by atoms with Crippen LogP contribution in [0.25, 0.3) is 0 Å². The fourth-order valence-corrected chi connectivity index (χ4v) is 7.85. The lowest BCUT2D eigenvalue weighted by Crippen LogP contribution is -2.47. The zero-order valence-electron chi connectivity index (χ0n) is 20.3. The lowest BCUT2D eigenvalue weighted by atomic mass is 9.82. The average molecular weight is 484 g/mol. The molecule has 1 aromatic heterocycles. The van der Waals surface area contributed by atoms with E-state index in [1.54, 1.807) is 0 Å². The Labute approximate surface area is 196 Å². The van der Waals surface area contributed by atoms with Crippen LogP contribution >= 0.6 is 18.7 Å². The van der Waals surface area contributed by atoms with Crippen molar-refractivity contribution >= 4 is 36.3 Å². The van der Waals surface area contributed by atoms with Gasteiger partial charge in [-0.05, 0) is 55.9 Å². The molecule has 2 heterocycles. The van der Waals surface area contributed by atoms with Gasteiger partial charge >= 0.3 is 5.97 Å². The number of nitrogens with zero attached hydrogens (tertiary/aromatic N) is 1. The molecule has 0 radical (unpaired) electrons. The Morgan fingerprint density at radius 2 is 1.66 bits per heavy atom. The van der Waals surface area contributed by atoms with Crippen LogP contribution in [0.2, 0.25) is 0 Å². The molecule has 1 amide bonds. The highest BCUT2D eigenvalue weighted by Crippen LogP contribution is 2.52. The number of carbonyl (C=O) groups excluding carboxylic acids is 2. The summed E-state index contributed by atoms with van der Waals surface area (Å²) in [4.78, 5) is 30.1. The van der Waals surface area contributed by atoms with Crippen molar-refractivity contribution in [3.8, 4) is 0 Å². The molecule has 32 heavy (non-hydrogen) atoms. The molecular weight excluding hydrogens is 445 g/mol. The maximum absolute atomic E-state index is 13.9. The summed E-state index contributed by atoms with van der Waals surface area (Å²) >= 11 is 1.41. The molecule has 8 heteroatoms. The number of anilines is 1. The number of amides is 1. The molecule has 1 saturated carbocycles. The van der Waals surface area contributed by atoms with Crippen LogP contribution in [0.3, 0.4) is 0 Å². The van der Waals surface area contributed by atoms with Gasteiger partial charge in [0.2, 0.25) is 13.3 Å². The summed E-state index contributed by atoms with van der Waals surface area (Å²) in [6.07, 6.45) is 6.01. The summed E-state index contributed by atoms with van der Waals surface area (Å²) < 4.78 is 23.2. The van der Waals surface area contributed by atoms with Gasteiger partial charge in [-0.15, -0.1) is 11.3 Å². The molecule has 0 N–H and O–H groups in total. The van der Waals surface area contributed by atoms with Crippen LogP contribution in [0.15, 0.2) is 6.07 Å². The van der Waals surface area contributed by atoms with Crippen molar-refractivity contribution in [1.82, 2.24) is 0 Å². The molecule has 180 valence electrons. The van der Waals surface area contributed by atoms with Crippen LogP contribution in [0.4, 0.5) is 5.69 Å². The first-order valence-corrected chi connectivity index (χ1v) is 14.5. The van der Waals surface area contributed by atoms with E-state index in [1.807, 2.05) is 11.0 Å². The van der Waals surface area contributed by atoms with Crippen LogP contribution in [-0.2, 0) is 24.0 Å². The minimum atomic E-state index is -2.62. The van der Waals surface area contributed by atoms with Crippen LogP contribution in [-0.4, -0.2) is 44.5 Å². The maximum atomic E-state index is 13.9. The van der Waals surface area contributed by atoms with Gasteiger partial charge in [-0.1, -0.05) is 27.7 Å². The Morgan fingerprint density at radius 1 is 1.06 bits per heavy atom. The van der Waals surface area contributed by atoms with Gasteiger partial charge in [0.25, 0.3) is 0 Å². The second kappa shape index (κ2) is 9.99. The number of hydrogen-bond acceptors (Lipinski definition) is 6. The molecule has 2 fully saturated rings. The van der Waals surface area contributed by atoms with Crippen molar-refractivity contribution in [2.45, 2.75) is 77.7 Å². The van der Waals surface area contributed by atoms with E-state index in [2.05, 4.69) is 27.7 Å². The van der Waals surface area contributed by atoms with E-state index in [9.17, 15) is 14.2 Å². The predicted octanol–water partition coefficient (Wildman–Crippen LogP) is 6.08. The third-order valence-electron chi connectivity index (χ3n) is 6.99. The Kier molecular flexibility index (Phi) is 7.94. The van der Waals surface area contributed by atoms with E-state index >= 15 is 0 Å². The van der Waals surface area contributed by atoms with Gasteiger partial charge < -0.3 is 14.2 Å². The second-order valence-corrected chi connectivity index (χ2v) is 14.3. The van der Waals surface area contributed by atoms with Crippen LogP contribution in [0, 0.1) is 11.8 Å². The molecule has 3 rings (SSSR count).